The highest BCUT2D eigenvalue weighted by Crippen LogP contribution is 2.30. The zero-order valence-electron chi connectivity index (χ0n) is 10.9. The molecule has 0 fully saturated rings. The summed E-state index contributed by atoms with van der Waals surface area (Å²) in [4.78, 5) is 17.8. The van der Waals surface area contributed by atoms with Gasteiger partial charge in [-0.25, -0.2) is 4.98 Å². The van der Waals surface area contributed by atoms with Crippen molar-refractivity contribution in [2.45, 2.75) is 32.6 Å². The van der Waals surface area contributed by atoms with Crippen LogP contribution < -0.4 is 5.32 Å². The largest absolute Gasteiger partial charge is 0.302 e. The molecule has 1 N–H and O–H groups in total. The minimum absolute atomic E-state index is 0.0155. The van der Waals surface area contributed by atoms with E-state index in [9.17, 15) is 4.79 Å². The Labute approximate surface area is 116 Å². The van der Waals surface area contributed by atoms with E-state index in [0.717, 1.165) is 29.1 Å². The Morgan fingerprint density at radius 3 is 3.00 bits per heavy atom. The van der Waals surface area contributed by atoms with Crippen molar-refractivity contribution >= 4 is 22.4 Å². The number of fused-ring (bicyclic) bond motifs is 1. The van der Waals surface area contributed by atoms with Crippen molar-refractivity contribution in [3.8, 4) is 0 Å². The molecule has 0 saturated carbocycles. The van der Waals surface area contributed by atoms with Gasteiger partial charge in [0, 0.05) is 4.88 Å². The average Bonchev–Trinajstić information content (AvgIpc) is 2.92. The van der Waals surface area contributed by atoms with E-state index in [2.05, 4.69) is 10.3 Å². The molecule has 3 nitrogen and oxygen atoms in total. The van der Waals surface area contributed by atoms with Crippen LogP contribution in [0, 0.1) is 6.92 Å². The second-order valence-corrected chi connectivity index (χ2v) is 5.98. The molecule has 1 aromatic carbocycles. The van der Waals surface area contributed by atoms with Gasteiger partial charge in [-0.1, -0.05) is 24.3 Å². The van der Waals surface area contributed by atoms with Crippen molar-refractivity contribution < 1.29 is 4.79 Å². The van der Waals surface area contributed by atoms with Crippen molar-refractivity contribution in [1.29, 1.82) is 0 Å². The number of carbonyl (C=O) groups is 1. The molecule has 0 bridgehead atoms. The first-order valence-corrected chi connectivity index (χ1v) is 7.37. The topological polar surface area (TPSA) is 42.0 Å². The Bertz CT molecular complexity index is 597. The van der Waals surface area contributed by atoms with Gasteiger partial charge >= 0.3 is 0 Å². The quantitative estimate of drug-likeness (QED) is 0.932. The molecule has 1 amide bonds. The monoisotopic (exact) mass is 272 g/mol. The second-order valence-electron chi connectivity index (χ2n) is 4.89. The number of rotatable bonds is 3. The van der Waals surface area contributed by atoms with Crippen LogP contribution >= 0.6 is 11.3 Å². The molecule has 0 radical (unpaired) electrons. The van der Waals surface area contributed by atoms with Crippen LogP contribution in [0.3, 0.4) is 0 Å². The Morgan fingerprint density at radius 1 is 1.37 bits per heavy atom. The van der Waals surface area contributed by atoms with Crippen molar-refractivity contribution in [2.75, 3.05) is 5.32 Å². The van der Waals surface area contributed by atoms with E-state index in [1.165, 1.54) is 17.0 Å². The highest BCUT2D eigenvalue weighted by molar-refractivity contribution is 7.15. The molecule has 2 aromatic rings. The maximum Gasteiger partial charge on any atom is 0.230 e. The van der Waals surface area contributed by atoms with Crippen LogP contribution in [0.15, 0.2) is 24.3 Å². The predicted molar refractivity (Wildman–Crippen MR) is 77.7 cm³/mol. The number of aryl methyl sites for hydroxylation is 3. The zero-order valence-corrected chi connectivity index (χ0v) is 11.7. The molecule has 4 heteroatoms. The van der Waals surface area contributed by atoms with Gasteiger partial charge in [0.1, 0.15) is 0 Å². The minimum Gasteiger partial charge on any atom is -0.302 e. The summed E-state index contributed by atoms with van der Waals surface area (Å²) in [6.07, 6.45) is 3.78. The molecule has 3 rings (SSSR count). The van der Waals surface area contributed by atoms with E-state index in [0.29, 0.717) is 6.42 Å². The van der Waals surface area contributed by atoms with Gasteiger partial charge in [-0.15, -0.1) is 11.3 Å². The predicted octanol–water partition coefficient (Wildman–Crippen LogP) is 3.12. The summed E-state index contributed by atoms with van der Waals surface area (Å²) in [5, 5.41) is 3.67. The van der Waals surface area contributed by atoms with Crippen molar-refractivity contribution in [3.63, 3.8) is 0 Å². The number of amides is 1. The highest BCUT2D eigenvalue weighted by Gasteiger charge is 2.17. The summed E-state index contributed by atoms with van der Waals surface area (Å²) in [6.45, 7) is 2.03. The summed E-state index contributed by atoms with van der Waals surface area (Å²) >= 11 is 1.62. The van der Waals surface area contributed by atoms with Gasteiger partial charge in [-0.2, -0.15) is 0 Å². The fourth-order valence-corrected chi connectivity index (χ4v) is 3.45. The first-order chi connectivity index (χ1) is 9.22. The Morgan fingerprint density at radius 2 is 2.21 bits per heavy atom. The average molecular weight is 272 g/mol. The molecule has 1 heterocycles. The van der Waals surface area contributed by atoms with E-state index in [1.807, 2.05) is 31.2 Å². The second kappa shape index (κ2) is 5.13. The van der Waals surface area contributed by atoms with Crippen molar-refractivity contribution in [3.05, 3.63) is 46.0 Å². The number of benzene rings is 1. The first kappa shape index (κ1) is 12.4. The number of thiazole rings is 1. The van der Waals surface area contributed by atoms with Gasteiger partial charge in [0.25, 0.3) is 0 Å². The molecule has 0 unspecified atom stereocenters. The van der Waals surface area contributed by atoms with E-state index < -0.39 is 0 Å². The van der Waals surface area contributed by atoms with Crippen LogP contribution in [-0.2, 0) is 24.1 Å². The molecule has 1 aliphatic rings. The fourth-order valence-electron chi connectivity index (χ4n) is 2.39. The number of hydrogen-bond acceptors (Lipinski definition) is 3. The number of nitrogens with zero attached hydrogens (tertiary/aromatic N) is 1. The molecular formula is C15H16N2OS. The standard InChI is InChI=1S/C15H16N2OS/c1-10-5-2-3-6-11(10)9-14(18)17-15-16-12-7-4-8-13(12)19-15/h2-3,5-6H,4,7-9H2,1H3,(H,16,17,18). The summed E-state index contributed by atoms with van der Waals surface area (Å²) in [5.41, 5.74) is 3.40. The van der Waals surface area contributed by atoms with Crippen molar-refractivity contribution in [2.24, 2.45) is 0 Å². The first-order valence-electron chi connectivity index (χ1n) is 6.55. The van der Waals surface area contributed by atoms with Gasteiger partial charge < -0.3 is 5.32 Å². The maximum absolute atomic E-state index is 12.0. The molecule has 0 atom stereocenters. The lowest BCUT2D eigenvalue weighted by Crippen LogP contribution is -2.14. The number of anilines is 1. The molecule has 0 spiro atoms. The smallest absolute Gasteiger partial charge is 0.230 e. The molecule has 0 aliphatic heterocycles. The van der Waals surface area contributed by atoms with Crippen LogP contribution in [-0.4, -0.2) is 10.9 Å². The molecule has 1 aliphatic carbocycles. The third-order valence-corrected chi connectivity index (χ3v) is 4.53. The minimum atomic E-state index is 0.0155. The lowest BCUT2D eigenvalue weighted by atomic mass is 10.1. The Hall–Kier alpha value is -1.68. The van der Waals surface area contributed by atoms with Crippen LogP contribution in [0.25, 0.3) is 0 Å². The van der Waals surface area contributed by atoms with Crippen LogP contribution in [0.2, 0.25) is 0 Å². The summed E-state index contributed by atoms with van der Waals surface area (Å²) in [6, 6.07) is 7.98. The summed E-state index contributed by atoms with van der Waals surface area (Å²) in [5.74, 6) is 0.0155. The molecule has 0 saturated heterocycles. The molecule has 98 valence electrons. The molecule has 1 aromatic heterocycles. The van der Waals surface area contributed by atoms with E-state index >= 15 is 0 Å². The van der Waals surface area contributed by atoms with E-state index in [1.54, 1.807) is 11.3 Å². The Balaban J connectivity index is 1.66. The van der Waals surface area contributed by atoms with Crippen LogP contribution in [0.1, 0.15) is 28.1 Å². The third kappa shape index (κ3) is 2.68. The van der Waals surface area contributed by atoms with Gasteiger partial charge in [0.05, 0.1) is 12.1 Å². The number of nitrogens with one attached hydrogen (secondary N) is 1. The summed E-state index contributed by atoms with van der Waals surface area (Å²) < 4.78 is 0. The SMILES string of the molecule is Cc1ccccc1CC(=O)Nc1nc2c(s1)CCC2. The zero-order chi connectivity index (χ0) is 13.2. The van der Waals surface area contributed by atoms with Crippen LogP contribution in [0.5, 0.6) is 0 Å². The summed E-state index contributed by atoms with van der Waals surface area (Å²) in [7, 11) is 0. The molecular weight excluding hydrogens is 256 g/mol. The normalized spacial score (nSPS) is 13.3. The van der Waals surface area contributed by atoms with E-state index in [-0.39, 0.29) is 5.91 Å². The number of hydrogen-bond donors (Lipinski definition) is 1. The highest BCUT2D eigenvalue weighted by atomic mass is 32.1. The Kier molecular flexibility index (Phi) is 3.34. The number of carbonyl (C=O) groups excluding carboxylic acids is 1. The van der Waals surface area contributed by atoms with Gasteiger partial charge in [-0.05, 0) is 37.3 Å². The lowest BCUT2D eigenvalue weighted by Gasteiger charge is -2.05. The van der Waals surface area contributed by atoms with Gasteiger partial charge in [0.2, 0.25) is 5.91 Å². The van der Waals surface area contributed by atoms with Gasteiger partial charge in [0.15, 0.2) is 5.13 Å². The van der Waals surface area contributed by atoms with Crippen LogP contribution in [0.4, 0.5) is 5.13 Å². The molecule has 19 heavy (non-hydrogen) atoms. The van der Waals surface area contributed by atoms with Gasteiger partial charge in [-0.3, -0.25) is 4.79 Å². The number of aromatic nitrogens is 1. The lowest BCUT2D eigenvalue weighted by molar-refractivity contribution is -0.115. The van der Waals surface area contributed by atoms with Crippen molar-refractivity contribution in [1.82, 2.24) is 4.98 Å². The maximum atomic E-state index is 12.0. The van der Waals surface area contributed by atoms with E-state index in [4.69, 9.17) is 0 Å². The fraction of sp³-hybridized carbons (Fsp3) is 0.333. The third-order valence-electron chi connectivity index (χ3n) is 3.45.